The lowest BCUT2D eigenvalue weighted by molar-refractivity contribution is -0.105. The number of aromatic nitrogens is 1. The second-order valence-electron chi connectivity index (χ2n) is 7.49. The molecule has 2 atom stereocenters. The van der Waals surface area contributed by atoms with Crippen LogP contribution >= 0.6 is 0 Å². The van der Waals surface area contributed by atoms with Crippen LogP contribution in [0.5, 0.6) is 5.75 Å². The van der Waals surface area contributed by atoms with Crippen LogP contribution in [0.25, 0.3) is 0 Å². The molecule has 11 heteroatoms. The van der Waals surface area contributed by atoms with Crippen LogP contribution in [0.4, 0.5) is 14.5 Å². The number of nitrogens with two attached hydrogens (primary N) is 1. The maximum Gasteiger partial charge on any atom is 0.228 e. The average Bonchev–Trinajstić information content (AvgIpc) is 2.82. The fraction of sp³-hybridized carbons (Fsp3) is 0.381. The second-order valence-corrected chi connectivity index (χ2v) is 9.63. The third kappa shape index (κ3) is 6.30. The van der Waals surface area contributed by atoms with Crippen LogP contribution in [-0.4, -0.2) is 50.9 Å². The standard InChI is InChI=1S/C14H19FN4O2S.C7H8FNO/c1-14(2)13(16)18-12(7-19(3)22(14)21)10-6-9(17-8-20)4-5-11(10)15;1-6-2-3-7(4-9-6)10-5-8/h4-6,8,12H,7H2,1-3H3,(H2,16,18)(H,17,20);2-4H,5H2,1H3. The molecule has 32 heavy (non-hydrogen) atoms. The van der Waals surface area contributed by atoms with E-state index in [9.17, 15) is 17.8 Å². The summed E-state index contributed by atoms with van der Waals surface area (Å²) >= 11 is 0. The Balaban J connectivity index is 0.000000303. The number of alkyl halides is 1. The van der Waals surface area contributed by atoms with Gasteiger partial charge in [-0.25, -0.2) is 17.3 Å². The van der Waals surface area contributed by atoms with Gasteiger partial charge < -0.3 is 15.8 Å². The molecule has 1 aromatic heterocycles. The van der Waals surface area contributed by atoms with Crippen LogP contribution in [0.2, 0.25) is 0 Å². The third-order valence-corrected chi connectivity index (χ3v) is 6.54. The molecule has 2 unspecified atom stereocenters. The Labute approximate surface area is 188 Å². The minimum atomic E-state index is -1.37. The van der Waals surface area contributed by atoms with Crippen molar-refractivity contribution in [3.05, 3.63) is 53.6 Å². The number of nitrogens with zero attached hydrogens (tertiary/aromatic N) is 3. The first-order chi connectivity index (χ1) is 15.1. The van der Waals surface area contributed by atoms with Crippen molar-refractivity contribution in [3.8, 4) is 5.75 Å². The van der Waals surface area contributed by atoms with Crippen molar-refractivity contribution in [3.63, 3.8) is 0 Å². The molecule has 1 aliphatic heterocycles. The highest BCUT2D eigenvalue weighted by Gasteiger charge is 2.38. The smallest absolute Gasteiger partial charge is 0.228 e. The summed E-state index contributed by atoms with van der Waals surface area (Å²) in [4.78, 5) is 18.8. The van der Waals surface area contributed by atoms with Gasteiger partial charge in [0.25, 0.3) is 0 Å². The molecular formula is C21H27F2N5O3S. The molecule has 1 aliphatic rings. The van der Waals surface area contributed by atoms with Gasteiger partial charge >= 0.3 is 0 Å². The summed E-state index contributed by atoms with van der Waals surface area (Å²) in [5.74, 6) is 0.235. The molecule has 0 radical (unpaired) electrons. The van der Waals surface area contributed by atoms with Crippen LogP contribution < -0.4 is 15.8 Å². The van der Waals surface area contributed by atoms with Crippen molar-refractivity contribution in [2.24, 2.45) is 10.7 Å². The van der Waals surface area contributed by atoms with Gasteiger partial charge in [-0.05, 0) is 58.2 Å². The van der Waals surface area contributed by atoms with Crippen molar-refractivity contribution >= 4 is 28.9 Å². The van der Waals surface area contributed by atoms with Crippen LogP contribution in [0.3, 0.4) is 0 Å². The van der Waals surface area contributed by atoms with E-state index in [2.05, 4.69) is 20.0 Å². The second kappa shape index (κ2) is 11.1. The monoisotopic (exact) mass is 467 g/mol. The molecular weight excluding hydrogens is 440 g/mol. The van der Waals surface area contributed by atoms with Gasteiger partial charge in [0.2, 0.25) is 13.3 Å². The van der Waals surface area contributed by atoms with Crippen molar-refractivity contribution in [2.45, 2.75) is 31.6 Å². The zero-order chi connectivity index (χ0) is 23.9. The third-order valence-electron chi connectivity index (χ3n) is 4.75. The van der Waals surface area contributed by atoms with Gasteiger partial charge in [0.15, 0.2) is 0 Å². The molecule has 174 valence electrons. The van der Waals surface area contributed by atoms with Crippen LogP contribution in [0.15, 0.2) is 41.5 Å². The number of nitrogens with one attached hydrogen (secondary N) is 1. The first kappa shape index (κ1) is 25.3. The molecule has 2 aromatic rings. The molecule has 1 aromatic carbocycles. The van der Waals surface area contributed by atoms with E-state index in [1.54, 1.807) is 37.3 Å². The van der Waals surface area contributed by atoms with Crippen LogP contribution in [0, 0.1) is 12.7 Å². The molecule has 2 heterocycles. The Morgan fingerprint density at radius 3 is 2.69 bits per heavy atom. The summed E-state index contributed by atoms with van der Waals surface area (Å²) < 4.78 is 43.4. The Hall–Kier alpha value is -2.92. The first-order valence-corrected chi connectivity index (χ1v) is 10.8. The fourth-order valence-corrected chi connectivity index (χ4v) is 4.17. The van der Waals surface area contributed by atoms with Gasteiger partial charge in [0.05, 0.1) is 12.2 Å². The first-order valence-electron chi connectivity index (χ1n) is 9.68. The molecule has 0 saturated carbocycles. The van der Waals surface area contributed by atoms with E-state index >= 15 is 0 Å². The topological polar surface area (TPSA) is 110 Å². The Morgan fingerprint density at radius 1 is 1.38 bits per heavy atom. The van der Waals surface area contributed by atoms with E-state index in [-0.39, 0.29) is 12.4 Å². The molecule has 0 aliphatic carbocycles. The summed E-state index contributed by atoms with van der Waals surface area (Å²) in [5.41, 5.74) is 7.64. The van der Waals surface area contributed by atoms with Crippen LogP contribution in [0.1, 0.15) is 31.1 Å². The summed E-state index contributed by atoms with van der Waals surface area (Å²) in [6.45, 7) is 4.80. The summed E-state index contributed by atoms with van der Waals surface area (Å²) in [7, 11) is 0.316. The maximum atomic E-state index is 14.2. The molecule has 0 spiro atoms. The average molecular weight is 468 g/mol. The number of rotatable bonds is 5. The number of halogens is 2. The minimum Gasteiger partial charge on any atom is -0.461 e. The maximum absolute atomic E-state index is 14.2. The molecule has 3 N–H and O–H groups in total. The number of benzene rings is 1. The number of carbonyl (C=O) groups is 1. The highest BCUT2D eigenvalue weighted by Crippen LogP contribution is 2.30. The zero-order valence-electron chi connectivity index (χ0n) is 18.3. The predicted molar refractivity (Wildman–Crippen MR) is 121 cm³/mol. The predicted octanol–water partition coefficient (Wildman–Crippen LogP) is 2.88. The number of amides is 1. The molecule has 3 rings (SSSR count). The van der Waals surface area contributed by atoms with E-state index < -0.39 is 34.5 Å². The van der Waals surface area contributed by atoms with Crippen LogP contribution in [-0.2, 0) is 15.8 Å². The van der Waals surface area contributed by atoms with Gasteiger partial charge in [-0.15, -0.1) is 0 Å². The molecule has 1 amide bonds. The SMILES string of the molecule is CN1CC(c2cc(NC=O)ccc2F)N=C(N)C(C)(C)S1=O.Cc1ccc(OCF)cn1. The normalized spacial score (nSPS) is 20.2. The number of anilines is 1. The summed E-state index contributed by atoms with van der Waals surface area (Å²) in [6.07, 6.45) is 2.01. The lowest BCUT2D eigenvalue weighted by Crippen LogP contribution is -2.45. The number of amidine groups is 1. The lowest BCUT2D eigenvalue weighted by atomic mass is 10.0. The van der Waals surface area contributed by atoms with Gasteiger partial charge in [-0.1, -0.05) is 0 Å². The minimum absolute atomic E-state index is 0.216. The number of hydrogen-bond donors (Lipinski definition) is 2. The molecule has 0 saturated heterocycles. The van der Waals surface area contributed by atoms with E-state index in [0.29, 0.717) is 23.4 Å². The number of likely N-dealkylation sites (N-methyl/N-ethyl adjacent to an activating group) is 1. The quantitative estimate of drug-likeness (QED) is 0.657. The molecule has 8 nitrogen and oxygen atoms in total. The number of pyridine rings is 1. The number of hydrogen-bond acceptors (Lipinski definition) is 6. The summed E-state index contributed by atoms with van der Waals surface area (Å²) in [6, 6.07) is 7.10. The number of aliphatic imine (C=N–C) groups is 1. The summed E-state index contributed by atoms with van der Waals surface area (Å²) in [5, 5.41) is 2.48. The van der Waals surface area contributed by atoms with Crippen molar-refractivity contribution in [1.29, 1.82) is 0 Å². The Kier molecular flexibility index (Phi) is 8.79. The Morgan fingerprint density at radius 2 is 2.09 bits per heavy atom. The van der Waals surface area contributed by atoms with Gasteiger partial charge in [0.1, 0.15) is 33.1 Å². The number of aryl methyl sites for hydroxylation is 1. The van der Waals surface area contributed by atoms with Gasteiger partial charge in [0, 0.05) is 23.5 Å². The zero-order valence-corrected chi connectivity index (χ0v) is 19.2. The number of carbonyl (C=O) groups excluding carboxylic acids is 1. The van der Waals surface area contributed by atoms with Crippen molar-refractivity contribution < 1.29 is 22.5 Å². The van der Waals surface area contributed by atoms with E-state index in [0.717, 1.165) is 5.69 Å². The molecule has 0 fully saturated rings. The van der Waals surface area contributed by atoms with E-state index in [1.165, 1.54) is 24.4 Å². The van der Waals surface area contributed by atoms with Crippen molar-refractivity contribution in [1.82, 2.24) is 9.29 Å². The molecule has 0 bridgehead atoms. The van der Waals surface area contributed by atoms with Gasteiger partial charge in [-0.2, -0.15) is 0 Å². The van der Waals surface area contributed by atoms with E-state index in [4.69, 9.17) is 5.73 Å². The largest absolute Gasteiger partial charge is 0.461 e. The highest BCUT2D eigenvalue weighted by molar-refractivity contribution is 7.85. The fourth-order valence-electron chi connectivity index (χ4n) is 2.88. The van der Waals surface area contributed by atoms with E-state index in [1.807, 2.05) is 6.92 Å². The van der Waals surface area contributed by atoms with Gasteiger partial charge in [-0.3, -0.25) is 14.8 Å². The lowest BCUT2D eigenvalue weighted by Gasteiger charge is -2.25. The Bertz CT molecular complexity index is 986. The number of ether oxygens (including phenoxy) is 1. The van der Waals surface area contributed by atoms with Crippen molar-refractivity contribution in [2.75, 3.05) is 25.8 Å². The highest BCUT2D eigenvalue weighted by atomic mass is 32.2.